The van der Waals surface area contributed by atoms with Crippen molar-refractivity contribution in [1.29, 1.82) is 0 Å². The minimum Gasteiger partial charge on any atom is -0.497 e. The molecule has 0 N–H and O–H groups in total. The summed E-state index contributed by atoms with van der Waals surface area (Å²) < 4.78 is 5.08. The molecule has 0 aliphatic heterocycles. The van der Waals surface area contributed by atoms with Gasteiger partial charge in [-0.2, -0.15) is 0 Å². The van der Waals surface area contributed by atoms with Gasteiger partial charge in [0.05, 0.1) is 7.11 Å². The van der Waals surface area contributed by atoms with Crippen molar-refractivity contribution in [2.45, 2.75) is 18.8 Å². The van der Waals surface area contributed by atoms with Crippen LogP contribution in [0.15, 0.2) is 36.9 Å². The average Bonchev–Trinajstić information content (AvgIpc) is 2.29. The van der Waals surface area contributed by atoms with Gasteiger partial charge in [0.15, 0.2) is 0 Å². The molecule has 0 spiro atoms. The normalized spacial score (nSPS) is 14.0. The molecular weight excluding hydrogens is 188 g/mol. The fraction of sp³-hybridized carbons (Fsp3) is 0.308. The van der Waals surface area contributed by atoms with Crippen LogP contribution >= 0.6 is 0 Å². The van der Waals surface area contributed by atoms with Gasteiger partial charge in [0, 0.05) is 11.8 Å². The van der Waals surface area contributed by atoms with Crippen molar-refractivity contribution < 1.29 is 9.53 Å². The number of hydrogen-bond acceptors (Lipinski definition) is 2. The molecule has 2 heteroatoms. The molecule has 0 aliphatic carbocycles. The SMILES string of the molecule is C=C[C@](C)(CC=O)c1ccc(OC)cc1. The highest BCUT2D eigenvalue weighted by molar-refractivity contribution is 5.55. The highest BCUT2D eigenvalue weighted by Gasteiger charge is 2.21. The summed E-state index contributed by atoms with van der Waals surface area (Å²) >= 11 is 0. The van der Waals surface area contributed by atoms with Crippen LogP contribution in [0.2, 0.25) is 0 Å². The number of carbonyl (C=O) groups is 1. The molecule has 0 bridgehead atoms. The van der Waals surface area contributed by atoms with Crippen LogP contribution in [-0.4, -0.2) is 13.4 Å². The van der Waals surface area contributed by atoms with Crippen LogP contribution in [0.3, 0.4) is 0 Å². The monoisotopic (exact) mass is 204 g/mol. The molecule has 15 heavy (non-hydrogen) atoms. The van der Waals surface area contributed by atoms with Crippen molar-refractivity contribution in [3.63, 3.8) is 0 Å². The predicted molar refractivity (Wildman–Crippen MR) is 61.2 cm³/mol. The van der Waals surface area contributed by atoms with E-state index >= 15 is 0 Å². The lowest BCUT2D eigenvalue weighted by molar-refractivity contribution is -0.108. The van der Waals surface area contributed by atoms with Crippen LogP contribution < -0.4 is 4.74 Å². The molecule has 1 aromatic rings. The van der Waals surface area contributed by atoms with E-state index in [9.17, 15) is 4.79 Å². The highest BCUT2D eigenvalue weighted by Crippen LogP contribution is 2.29. The minimum atomic E-state index is -0.284. The number of hydrogen-bond donors (Lipinski definition) is 0. The number of ether oxygens (including phenoxy) is 1. The van der Waals surface area contributed by atoms with Gasteiger partial charge in [0.25, 0.3) is 0 Å². The molecule has 1 aromatic carbocycles. The second-order valence-electron chi connectivity index (χ2n) is 3.72. The van der Waals surface area contributed by atoms with Gasteiger partial charge < -0.3 is 9.53 Å². The Kier molecular flexibility index (Phi) is 3.67. The van der Waals surface area contributed by atoms with E-state index in [1.165, 1.54) is 0 Å². The summed E-state index contributed by atoms with van der Waals surface area (Å²) in [6.07, 6.45) is 3.18. The van der Waals surface area contributed by atoms with E-state index in [1.54, 1.807) is 7.11 Å². The summed E-state index contributed by atoms with van der Waals surface area (Å²) in [7, 11) is 1.63. The summed E-state index contributed by atoms with van der Waals surface area (Å²) in [5.74, 6) is 0.816. The molecule has 0 saturated heterocycles. The second kappa shape index (κ2) is 4.78. The van der Waals surface area contributed by atoms with Crippen LogP contribution in [0.1, 0.15) is 18.9 Å². The molecule has 0 heterocycles. The molecule has 0 radical (unpaired) electrons. The zero-order valence-electron chi connectivity index (χ0n) is 9.19. The number of aldehydes is 1. The van der Waals surface area contributed by atoms with Crippen molar-refractivity contribution in [1.82, 2.24) is 0 Å². The van der Waals surface area contributed by atoms with Crippen LogP contribution in [-0.2, 0) is 10.2 Å². The second-order valence-corrected chi connectivity index (χ2v) is 3.72. The van der Waals surface area contributed by atoms with Gasteiger partial charge >= 0.3 is 0 Å². The van der Waals surface area contributed by atoms with E-state index in [-0.39, 0.29) is 5.41 Å². The minimum absolute atomic E-state index is 0.284. The predicted octanol–water partition coefficient (Wildman–Crippen LogP) is 2.73. The van der Waals surface area contributed by atoms with Gasteiger partial charge in [-0.05, 0) is 17.7 Å². The molecule has 1 rings (SSSR count). The number of allylic oxidation sites excluding steroid dienone is 1. The number of benzene rings is 1. The highest BCUT2D eigenvalue weighted by atomic mass is 16.5. The first-order valence-corrected chi connectivity index (χ1v) is 4.88. The summed E-state index contributed by atoms with van der Waals surface area (Å²) in [5.41, 5.74) is 0.791. The third-order valence-electron chi connectivity index (χ3n) is 2.71. The van der Waals surface area contributed by atoms with E-state index in [0.717, 1.165) is 17.6 Å². The summed E-state index contributed by atoms with van der Waals surface area (Å²) in [6, 6.07) is 7.71. The Balaban J connectivity index is 3.01. The molecule has 0 aromatic heterocycles. The van der Waals surface area contributed by atoms with E-state index in [0.29, 0.717) is 6.42 Å². The Morgan fingerprint density at radius 2 is 2.00 bits per heavy atom. The van der Waals surface area contributed by atoms with Crippen LogP contribution in [0, 0.1) is 0 Å². The third-order valence-corrected chi connectivity index (χ3v) is 2.71. The summed E-state index contributed by atoms with van der Waals surface area (Å²) in [5, 5.41) is 0. The van der Waals surface area contributed by atoms with Crippen LogP contribution in [0.4, 0.5) is 0 Å². The first kappa shape index (κ1) is 11.5. The first-order chi connectivity index (χ1) is 7.16. The van der Waals surface area contributed by atoms with Crippen molar-refractivity contribution in [2.24, 2.45) is 0 Å². The molecule has 0 saturated carbocycles. The first-order valence-electron chi connectivity index (χ1n) is 4.88. The number of rotatable bonds is 5. The Labute approximate surface area is 90.6 Å². The lowest BCUT2D eigenvalue weighted by atomic mass is 9.80. The fourth-order valence-electron chi connectivity index (χ4n) is 1.46. The maximum absolute atomic E-state index is 10.6. The van der Waals surface area contributed by atoms with Gasteiger partial charge in [-0.25, -0.2) is 0 Å². The lowest BCUT2D eigenvalue weighted by Gasteiger charge is -2.23. The Morgan fingerprint density at radius 3 is 2.40 bits per heavy atom. The van der Waals surface area contributed by atoms with Gasteiger partial charge in [-0.15, -0.1) is 6.58 Å². The topological polar surface area (TPSA) is 26.3 Å². The van der Waals surface area contributed by atoms with Crippen LogP contribution in [0.5, 0.6) is 5.75 Å². The van der Waals surface area contributed by atoms with Gasteiger partial charge in [-0.1, -0.05) is 25.1 Å². The quantitative estimate of drug-likeness (QED) is 0.544. The summed E-state index contributed by atoms with van der Waals surface area (Å²) in [6.45, 7) is 5.78. The van der Waals surface area contributed by atoms with Gasteiger partial charge in [-0.3, -0.25) is 0 Å². The van der Waals surface area contributed by atoms with Gasteiger partial charge in [0.1, 0.15) is 12.0 Å². The van der Waals surface area contributed by atoms with E-state index in [1.807, 2.05) is 37.3 Å². The van der Waals surface area contributed by atoms with Crippen LogP contribution in [0.25, 0.3) is 0 Å². The van der Waals surface area contributed by atoms with Gasteiger partial charge in [0.2, 0.25) is 0 Å². The maximum atomic E-state index is 10.6. The number of methoxy groups -OCH3 is 1. The summed E-state index contributed by atoms with van der Waals surface area (Å²) in [4.78, 5) is 10.6. The van der Waals surface area contributed by atoms with Crippen molar-refractivity contribution in [2.75, 3.05) is 7.11 Å². The Morgan fingerprint density at radius 1 is 1.40 bits per heavy atom. The molecule has 2 nitrogen and oxygen atoms in total. The molecule has 0 aliphatic rings. The lowest BCUT2D eigenvalue weighted by Crippen LogP contribution is -2.18. The molecule has 0 unspecified atom stereocenters. The largest absolute Gasteiger partial charge is 0.497 e. The maximum Gasteiger partial charge on any atom is 0.121 e. The Hall–Kier alpha value is -1.57. The molecule has 1 atom stereocenters. The average molecular weight is 204 g/mol. The smallest absolute Gasteiger partial charge is 0.121 e. The van der Waals surface area contributed by atoms with E-state index in [2.05, 4.69) is 6.58 Å². The number of carbonyl (C=O) groups excluding carboxylic acids is 1. The van der Waals surface area contributed by atoms with E-state index in [4.69, 9.17) is 4.74 Å². The van der Waals surface area contributed by atoms with Crippen molar-refractivity contribution in [3.8, 4) is 5.75 Å². The molecule has 80 valence electrons. The zero-order chi connectivity index (χ0) is 11.3. The molecular formula is C13H16O2. The molecule has 0 fully saturated rings. The standard InChI is InChI=1S/C13H16O2/c1-4-13(2,9-10-14)11-5-7-12(15-3)8-6-11/h4-8,10H,1,9H2,2-3H3/t13-/m1/s1. The van der Waals surface area contributed by atoms with E-state index < -0.39 is 0 Å². The Bertz CT molecular complexity index is 340. The third kappa shape index (κ3) is 2.46. The molecule has 0 amide bonds. The van der Waals surface area contributed by atoms with Crippen molar-refractivity contribution >= 4 is 6.29 Å². The van der Waals surface area contributed by atoms with Crippen molar-refractivity contribution in [3.05, 3.63) is 42.5 Å². The fourth-order valence-corrected chi connectivity index (χ4v) is 1.46. The zero-order valence-corrected chi connectivity index (χ0v) is 9.19.